The minimum absolute atomic E-state index is 0.0586. The van der Waals surface area contributed by atoms with Gasteiger partial charge in [-0.25, -0.2) is 0 Å². The summed E-state index contributed by atoms with van der Waals surface area (Å²) in [6.45, 7) is 1.17. The van der Waals surface area contributed by atoms with E-state index in [9.17, 15) is 19.7 Å². The van der Waals surface area contributed by atoms with Crippen LogP contribution in [0, 0.1) is 10.1 Å². The van der Waals surface area contributed by atoms with Gasteiger partial charge in [-0.15, -0.1) is 0 Å². The van der Waals surface area contributed by atoms with Crippen LogP contribution >= 0.6 is 0 Å². The smallest absolute Gasteiger partial charge is 0.366 e. The number of rotatable bonds is 4. The maximum Gasteiger partial charge on any atom is 0.366 e. The molecule has 1 atom stereocenters. The van der Waals surface area contributed by atoms with E-state index in [-0.39, 0.29) is 23.9 Å². The first-order chi connectivity index (χ1) is 12.9. The molecule has 2 aromatic heterocycles. The molecule has 0 N–H and O–H groups in total. The number of Topliss-reactive ketones (excluding diaryl/α,β-unsaturated/α-hetero) is 1. The van der Waals surface area contributed by atoms with Gasteiger partial charge in [0.1, 0.15) is 5.58 Å². The minimum atomic E-state index is -0.843. The number of nitrogens with zero attached hydrogens (tertiary/aromatic N) is 3. The van der Waals surface area contributed by atoms with Crippen LogP contribution in [0.25, 0.3) is 11.0 Å². The molecule has 136 valence electrons. The largest absolute Gasteiger partial charge is 0.475 e. The van der Waals surface area contributed by atoms with E-state index in [1.807, 2.05) is 6.07 Å². The molecule has 9 nitrogen and oxygen atoms in total. The van der Waals surface area contributed by atoms with Crippen molar-refractivity contribution in [3.63, 3.8) is 0 Å². The zero-order valence-corrected chi connectivity index (χ0v) is 14.1. The zero-order valence-electron chi connectivity index (χ0n) is 14.1. The molecule has 4 rings (SSSR count). The Bertz CT molecular complexity index is 1060. The van der Waals surface area contributed by atoms with Crippen LogP contribution in [-0.4, -0.2) is 34.2 Å². The Labute approximate surface area is 152 Å². The Morgan fingerprint density at radius 3 is 2.81 bits per heavy atom. The van der Waals surface area contributed by atoms with Crippen LogP contribution in [0.15, 0.2) is 46.9 Å². The van der Waals surface area contributed by atoms with Gasteiger partial charge in [0.15, 0.2) is 17.6 Å². The van der Waals surface area contributed by atoms with Gasteiger partial charge in [-0.3, -0.25) is 14.5 Å². The van der Waals surface area contributed by atoms with Crippen molar-refractivity contribution in [3.05, 3.63) is 58.3 Å². The predicted octanol–water partition coefficient (Wildman–Crippen LogP) is 2.73. The maximum absolute atomic E-state index is 12.7. The molecule has 1 amide bonds. The lowest BCUT2D eigenvalue weighted by Crippen LogP contribution is -2.47. The van der Waals surface area contributed by atoms with Crippen LogP contribution in [0.1, 0.15) is 17.5 Å². The summed E-state index contributed by atoms with van der Waals surface area (Å²) in [5.74, 6) is -1.18. The lowest BCUT2D eigenvalue weighted by atomic mass is 10.2. The molecular weight excluding hydrogens is 354 g/mol. The SMILES string of the molecule is CC1Oc2ccc([N+](=O)[O-])nc2N(CC(=O)c2cc3ccccc3o2)C1=O. The number of ether oxygens (including phenoxy) is 1. The number of anilines is 1. The van der Waals surface area contributed by atoms with E-state index in [0.29, 0.717) is 5.58 Å². The second-order valence-corrected chi connectivity index (χ2v) is 6.00. The summed E-state index contributed by atoms with van der Waals surface area (Å²) < 4.78 is 11.0. The second kappa shape index (κ2) is 6.20. The van der Waals surface area contributed by atoms with Crippen LogP contribution in [-0.2, 0) is 4.79 Å². The Morgan fingerprint density at radius 2 is 2.07 bits per heavy atom. The third kappa shape index (κ3) is 2.88. The molecule has 0 spiro atoms. The molecule has 0 fully saturated rings. The number of nitro groups is 1. The Hall–Kier alpha value is -3.75. The molecule has 1 aliphatic rings. The summed E-state index contributed by atoms with van der Waals surface area (Å²) in [6, 6.07) is 11.3. The Balaban J connectivity index is 1.69. The van der Waals surface area contributed by atoms with Crippen LogP contribution in [0.2, 0.25) is 0 Å². The maximum atomic E-state index is 12.7. The third-order valence-electron chi connectivity index (χ3n) is 4.19. The lowest BCUT2D eigenvalue weighted by molar-refractivity contribution is -0.389. The van der Waals surface area contributed by atoms with Gasteiger partial charge in [-0.2, -0.15) is 0 Å². The summed E-state index contributed by atoms with van der Waals surface area (Å²) >= 11 is 0. The molecule has 0 saturated heterocycles. The molecule has 1 unspecified atom stereocenters. The number of carbonyl (C=O) groups excluding carboxylic acids is 2. The van der Waals surface area contributed by atoms with E-state index in [0.717, 1.165) is 10.3 Å². The molecule has 1 aliphatic heterocycles. The van der Waals surface area contributed by atoms with E-state index < -0.39 is 28.5 Å². The number of fused-ring (bicyclic) bond motifs is 2. The molecule has 0 aliphatic carbocycles. The number of pyridine rings is 1. The van der Waals surface area contributed by atoms with Gasteiger partial charge in [-0.05, 0) is 35.0 Å². The third-order valence-corrected chi connectivity index (χ3v) is 4.19. The number of carbonyl (C=O) groups is 2. The van der Waals surface area contributed by atoms with Gasteiger partial charge in [-0.1, -0.05) is 18.2 Å². The van der Waals surface area contributed by atoms with Gasteiger partial charge in [0.25, 0.3) is 11.7 Å². The first-order valence-corrected chi connectivity index (χ1v) is 8.09. The summed E-state index contributed by atoms with van der Waals surface area (Å²) in [7, 11) is 0. The first kappa shape index (κ1) is 16.7. The predicted molar refractivity (Wildman–Crippen MR) is 93.9 cm³/mol. The van der Waals surface area contributed by atoms with Crippen LogP contribution in [0.3, 0.4) is 0 Å². The van der Waals surface area contributed by atoms with Gasteiger partial charge in [0, 0.05) is 11.5 Å². The fourth-order valence-electron chi connectivity index (χ4n) is 2.87. The van der Waals surface area contributed by atoms with Crippen LogP contribution < -0.4 is 9.64 Å². The number of hydrogen-bond donors (Lipinski definition) is 0. The second-order valence-electron chi connectivity index (χ2n) is 6.00. The molecule has 0 radical (unpaired) electrons. The standard InChI is InChI=1S/C18H13N3O6/c1-10-18(23)20(17-14(26-10)6-7-16(19-17)21(24)25)9-12(22)15-8-11-4-2-3-5-13(11)27-15/h2-8,10H,9H2,1H3. The van der Waals surface area contributed by atoms with Crippen molar-refractivity contribution in [2.24, 2.45) is 0 Å². The molecule has 1 aromatic carbocycles. The van der Waals surface area contributed by atoms with Crippen molar-refractivity contribution < 1.29 is 23.7 Å². The number of hydrogen-bond acceptors (Lipinski definition) is 7. The summed E-state index contributed by atoms with van der Waals surface area (Å²) in [5, 5.41) is 11.8. The fourth-order valence-corrected chi connectivity index (χ4v) is 2.87. The quantitative estimate of drug-likeness (QED) is 0.395. The van der Waals surface area contributed by atoms with Gasteiger partial charge >= 0.3 is 5.82 Å². The summed E-state index contributed by atoms with van der Waals surface area (Å²) in [5.41, 5.74) is 0.552. The lowest BCUT2D eigenvalue weighted by Gasteiger charge is -2.28. The Morgan fingerprint density at radius 1 is 1.30 bits per heavy atom. The monoisotopic (exact) mass is 367 g/mol. The number of para-hydroxylation sites is 1. The Kier molecular flexibility index (Phi) is 3.84. The van der Waals surface area contributed by atoms with Gasteiger partial charge in [0.2, 0.25) is 5.78 Å². The average molecular weight is 367 g/mol. The number of aromatic nitrogens is 1. The van der Waals surface area contributed by atoms with Crippen LogP contribution in [0.5, 0.6) is 5.75 Å². The zero-order chi connectivity index (χ0) is 19.1. The highest BCUT2D eigenvalue weighted by atomic mass is 16.6. The molecule has 27 heavy (non-hydrogen) atoms. The number of benzene rings is 1. The highest BCUT2D eigenvalue weighted by molar-refractivity contribution is 6.07. The molecule has 0 bridgehead atoms. The van der Waals surface area contributed by atoms with E-state index >= 15 is 0 Å². The van der Waals surface area contributed by atoms with E-state index in [4.69, 9.17) is 9.15 Å². The average Bonchev–Trinajstić information content (AvgIpc) is 3.09. The molecular formula is C18H13N3O6. The van der Waals surface area contributed by atoms with Crippen molar-refractivity contribution in [1.82, 2.24) is 4.98 Å². The number of furan rings is 1. The van der Waals surface area contributed by atoms with Gasteiger partial charge in [0.05, 0.1) is 6.54 Å². The molecule has 3 aromatic rings. The summed E-state index contributed by atoms with van der Waals surface area (Å²) in [6.07, 6.45) is -0.843. The minimum Gasteiger partial charge on any atom is -0.475 e. The van der Waals surface area contributed by atoms with Crippen molar-refractivity contribution >= 4 is 34.3 Å². The van der Waals surface area contributed by atoms with Crippen molar-refractivity contribution in [2.45, 2.75) is 13.0 Å². The van der Waals surface area contributed by atoms with Gasteiger partial charge < -0.3 is 19.3 Å². The fraction of sp³-hybridized carbons (Fsp3) is 0.167. The number of ketones is 1. The van der Waals surface area contributed by atoms with Crippen molar-refractivity contribution in [3.8, 4) is 5.75 Å². The molecule has 0 saturated carbocycles. The van der Waals surface area contributed by atoms with Crippen molar-refractivity contribution in [2.75, 3.05) is 11.4 Å². The topological polar surface area (TPSA) is 116 Å². The first-order valence-electron chi connectivity index (χ1n) is 8.09. The number of amides is 1. The van der Waals surface area contributed by atoms with E-state index in [1.165, 1.54) is 19.1 Å². The van der Waals surface area contributed by atoms with E-state index in [2.05, 4.69) is 4.98 Å². The molecule has 3 heterocycles. The van der Waals surface area contributed by atoms with Crippen LogP contribution in [0.4, 0.5) is 11.6 Å². The van der Waals surface area contributed by atoms with E-state index in [1.54, 1.807) is 24.3 Å². The molecule has 9 heteroatoms. The highest BCUT2D eigenvalue weighted by Gasteiger charge is 2.38. The normalized spacial score (nSPS) is 16.1. The highest BCUT2D eigenvalue weighted by Crippen LogP contribution is 2.34. The summed E-state index contributed by atoms with van der Waals surface area (Å²) in [4.78, 5) is 40.5. The van der Waals surface area contributed by atoms with Crippen molar-refractivity contribution in [1.29, 1.82) is 0 Å².